The predicted molar refractivity (Wildman–Crippen MR) is 86.3 cm³/mol. The first-order chi connectivity index (χ1) is 11.9. The molecule has 0 aliphatic heterocycles. The van der Waals surface area contributed by atoms with Gasteiger partial charge in [0.25, 0.3) is 0 Å². The highest BCUT2D eigenvalue weighted by molar-refractivity contribution is 7.89. The first-order valence-corrected chi connectivity index (χ1v) is 8.79. The van der Waals surface area contributed by atoms with E-state index in [9.17, 15) is 8.42 Å². The summed E-state index contributed by atoms with van der Waals surface area (Å²) in [6, 6.07) is 7.18. The second kappa shape index (κ2) is 6.65. The topological polar surface area (TPSA) is 120 Å². The van der Waals surface area contributed by atoms with Crippen LogP contribution in [0.4, 0.5) is 0 Å². The van der Waals surface area contributed by atoms with Crippen molar-refractivity contribution in [3.8, 4) is 17.1 Å². The van der Waals surface area contributed by atoms with E-state index in [0.29, 0.717) is 17.1 Å². The Morgan fingerprint density at radius 3 is 2.60 bits per heavy atom. The van der Waals surface area contributed by atoms with Crippen LogP contribution in [0.2, 0.25) is 0 Å². The first kappa shape index (κ1) is 17.1. The summed E-state index contributed by atoms with van der Waals surface area (Å²) >= 11 is 0. The van der Waals surface area contributed by atoms with E-state index in [0.717, 1.165) is 0 Å². The van der Waals surface area contributed by atoms with Crippen molar-refractivity contribution in [2.24, 2.45) is 0 Å². The number of sulfonamides is 1. The largest absolute Gasteiger partial charge is 0.496 e. The number of aromatic nitrogens is 3. The van der Waals surface area contributed by atoms with Gasteiger partial charge in [-0.1, -0.05) is 22.4 Å². The number of rotatable bonds is 6. The van der Waals surface area contributed by atoms with Gasteiger partial charge in [-0.25, -0.2) is 13.1 Å². The maximum atomic E-state index is 12.4. The lowest BCUT2D eigenvalue weighted by atomic mass is 10.2. The Morgan fingerprint density at radius 1 is 1.16 bits per heavy atom. The van der Waals surface area contributed by atoms with E-state index >= 15 is 0 Å². The molecule has 0 radical (unpaired) electrons. The third-order valence-electron chi connectivity index (χ3n) is 3.47. The Bertz CT molecular complexity index is 974. The highest BCUT2D eigenvalue weighted by Gasteiger charge is 2.24. The minimum Gasteiger partial charge on any atom is -0.496 e. The van der Waals surface area contributed by atoms with Crippen molar-refractivity contribution in [2.75, 3.05) is 7.11 Å². The minimum atomic E-state index is -3.80. The molecule has 0 aliphatic rings. The van der Waals surface area contributed by atoms with E-state index in [1.54, 1.807) is 19.1 Å². The van der Waals surface area contributed by atoms with Gasteiger partial charge in [0, 0.05) is 0 Å². The van der Waals surface area contributed by atoms with Gasteiger partial charge in [0.1, 0.15) is 16.3 Å². The van der Waals surface area contributed by atoms with Crippen molar-refractivity contribution < 1.29 is 22.2 Å². The molecule has 9 nitrogen and oxygen atoms in total. The number of methoxy groups -OCH3 is 1. The molecule has 0 aliphatic carbocycles. The second-order valence-corrected chi connectivity index (χ2v) is 6.89. The van der Waals surface area contributed by atoms with E-state index in [1.165, 1.54) is 14.0 Å². The standard InChI is InChI=1S/C15H16N4O5S/c1-9-14(10(2)23-18-9)25(20,21)16-8-13-17-15(19-24-13)11-6-4-5-7-12(11)22-3/h4-7,16H,8H2,1-3H3. The molecule has 0 atom stereocenters. The zero-order valence-corrected chi connectivity index (χ0v) is 14.6. The van der Waals surface area contributed by atoms with Crippen LogP contribution in [0.25, 0.3) is 11.4 Å². The molecule has 0 bridgehead atoms. The molecule has 1 N–H and O–H groups in total. The summed E-state index contributed by atoms with van der Waals surface area (Å²) < 4.78 is 42.4. The van der Waals surface area contributed by atoms with Crippen LogP contribution in [0.3, 0.4) is 0 Å². The summed E-state index contributed by atoms with van der Waals surface area (Å²) in [5.41, 5.74) is 0.929. The summed E-state index contributed by atoms with van der Waals surface area (Å²) in [7, 11) is -2.26. The van der Waals surface area contributed by atoms with Crippen LogP contribution in [0.15, 0.2) is 38.2 Å². The SMILES string of the molecule is COc1ccccc1-c1noc(CNS(=O)(=O)c2c(C)noc2C)n1. The molecule has 25 heavy (non-hydrogen) atoms. The molecule has 0 amide bonds. The number of ether oxygens (including phenoxy) is 1. The number of hydrogen-bond acceptors (Lipinski definition) is 8. The molecule has 2 aromatic heterocycles. The lowest BCUT2D eigenvalue weighted by Gasteiger charge is -2.03. The van der Waals surface area contributed by atoms with Crippen LogP contribution in [-0.4, -0.2) is 30.8 Å². The molecule has 10 heteroatoms. The average molecular weight is 364 g/mol. The van der Waals surface area contributed by atoms with Crippen molar-refractivity contribution in [1.29, 1.82) is 0 Å². The third kappa shape index (κ3) is 3.39. The zero-order chi connectivity index (χ0) is 18.0. The summed E-state index contributed by atoms with van der Waals surface area (Å²) in [6.07, 6.45) is 0. The van der Waals surface area contributed by atoms with Gasteiger partial charge >= 0.3 is 0 Å². The number of nitrogens with zero attached hydrogens (tertiary/aromatic N) is 3. The van der Waals surface area contributed by atoms with Crippen LogP contribution in [0.1, 0.15) is 17.3 Å². The fourth-order valence-electron chi connectivity index (χ4n) is 2.35. The number of para-hydroxylation sites is 1. The normalized spacial score (nSPS) is 11.6. The van der Waals surface area contributed by atoms with Crippen LogP contribution in [0.5, 0.6) is 5.75 Å². The lowest BCUT2D eigenvalue weighted by Crippen LogP contribution is -2.24. The molecule has 0 spiro atoms. The maximum absolute atomic E-state index is 12.4. The van der Waals surface area contributed by atoms with Crippen LogP contribution in [-0.2, 0) is 16.6 Å². The van der Waals surface area contributed by atoms with Crippen molar-refractivity contribution in [3.63, 3.8) is 0 Å². The molecular formula is C15H16N4O5S. The molecule has 3 aromatic rings. The Morgan fingerprint density at radius 2 is 1.92 bits per heavy atom. The Balaban J connectivity index is 1.78. The van der Waals surface area contributed by atoms with E-state index in [2.05, 4.69) is 20.0 Å². The molecule has 1 aromatic carbocycles. The molecule has 3 rings (SSSR count). The highest BCUT2D eigenvalue weighted by atomic mass is 32.2. The van der Waals surface area contributed by atoms with Crippen molar-refractivity contribution in [3.05, 3.63) is 41.6 Å². The molecule has 0 saturated heterocycles. The number of hydrogen-bond donors (Lipinski definition) is 1. The Kier molecular flexibility index (Phi) is 4.55. The predicted octanol–water partition coefficient (Wildman–Crippen LogP) is 1.83. The van der Waals surface area contributed by atoms with Gasteiger partial charge in [0.15, 0.2) is 5.76 Å². The molecule has 0 saturated carbocycles. The number of benzene rings is 1. The highest BCUT2D eigenvalue weighted by Crippen LogP contribution is 2.27. The monoisotopic (exact) mass is 364 g/mol. The number of aryl methyl sites for hydroxylation is 2. The van der Waals surface area contributed by atoms with E-state index in [4.69, 9.17) is 13.8 Å². The first-order valence-electron chi connectivity index (χ1n) is 7.31. The summed E-state index contributed by atoms with van der Waals surface area (Å²) in [6.45, 7) is 2.92. The van der Waals surface area contributed by atoms with E-state index < -0.39 is 10.0 Å². The molecule has 2 heterocycles. The minimum absolute atomic E-state index is 0.0111. The molecule has 132 valence electrons. The van der Waals surface area contributed by atoms with Crippen molar-refractivity contribution >= 4 is 10.0 Å². The Labute approximate surface area is 144 Å². The summed E-state index contributed by atoms with van der Waals surface area (Å²) in [4.78, 5) is 4.21. The van der Waals surface area contributed by atoms with Gasteiger partial charge in [-0.2, -0.15) is 4.98 Å². The number of nitrogens with one attached hydrogen (secondary N) is 1. The fraction of sp³-hybridized carbons (Fsp3) is 0.267. The van der Waals surface area contributed by atoms with E-state index in [-0.39, 0.29) is 28.8 Å². The Hall–Kier alpha value is -2.72. The van der Waals surface area contributed by atoms with Gasteiger partial charge in [0.2, 0.25) is 21.7 Å². The third-order valence-corrected chi connectivity index (χ3v) is 5.11. The van der Waals surface area contributed by atoms with Gasteiger partial charge < -0.3 is 13.8 Å². The van der Waals surface area contributed by atoms with Crippen LogP contribution in [0, 0.1) is 13.8 Å². The second-order valence-electron chi connectivity index (χ2n) is 5.19. The van der Waals surface area contributed by atoms with Gasteiger partial charge in [-0.3, -0.25) is 0 Å². The average Bonchev–Trinajstić information content (AvgIpc) is 3.20. The smallest absolute Gasteiger partial charge is 0.246 e. The van der Waals surface area contributed by atoms with Crippen molar-refractivity contribution in [2.45, 2.75) is 25.3 Å². The maximum Gasteiger partial charge on any atom is 0.246 e. The van der Waals surface area contributed by atoms with Gasteiger partial charge in [-0.05, 0) is 26.0 Å². The molecule has 0 fully saturated rings. The zero-order valence-electron chi connectivity index (χ0n) is 13.8. The molecule has 0 unspecified atom stereocenters. The van der Waals surface area contributed by atoms with E-state index in [1.807, 2.05) is 12.1 Å². The summed E-state index contributed by atoms with van der Waals surface area (Å²) in [5, 5.41) is 7.50. The lowest BCUT2D eigenvalue weighted by molar-refractivity contribution is 0.375. The quantitative estimate of drug-likeness (QED) is 0.703. The van der Waals surface area contributed by atoms with Crippen LogP contribution >= 0.6 is 0 Å². The van der Waals surface area contributed by atoms with Gasteiger partial charge in [0.05, 0.1) is 19.2 Å². The fourth-order valence-corrected chi connectivity index (χ4v) is 3.65. The molecular weight excluding hydrogens is 348 g/mol. The van der Waals surface area contributed by atoms with Crippen molar-refractivity contribution in [1.82, 2.24) is 20.0 Å². The van der Waals surface area contributed by atoms with Gasteiger partial charge in [-0.15, -0.1) is 0 Å². The summed E-state index contributed by atoms with van der Waals surface area (Å²) in [5.74, 6) is 1.23. The van der Waals surface area contributed by atoms with Crippen LogP contribution < -0.4 is 9.46 Å².